The number of piperazine rings is 1. The number of carboxylic acid groups (broad SMARTS) is 3. The highest BCUT2D eigenvalue weighted by Crippen LogP contribution is 2.31. The summed E-state index contributed by atoms with van der Waals surface area (Å²) in [4.78, 5) is 57.9. The van der Waals surface area contributed by atoms with E-state index in [0.717, 1.165) is 51.6 Å². The van der Waals surface area contributed by atoms with Crippen molar-refractivity contribution in [3.8, 4) is 5.75 Å². The quantitative estimate of drug-likeness (QED) is 0.177. The number of unbranched alkanes of at least 4 members (excludes halogenated alkanes) is 1. The van der Waals surface area contributed by atoms with Gasteiger partial charge in [0, 0.05) is 59.5 Å². The summed E-state index contributed by atoms with van der Waals surface area (Å²) in [5.41, 5.74) is -2.09. The minimum absolute atomic E-state index is 0.118. The van der Waals surface area contributed by atoms with Crippen LogP contribution in [0.3, 0.4) is 0 Å². The van der Waals surface area contributed by atoms with E-state index >= 15 is 0 Å². The average molecular weight is 624 g/mol. The lowest BCUT2D eigenvalue weighted by molar-refractivity contribution is -0.178. The number of fused-ring (bicyclic) bond motifs is 2. The van der Waals surface area contributed by atoms with Crippen LogP contribution in [0.15, 0.2) is 64.8 Å². The normalized spacial score (nSPS) is 14.1. The molecule has 1 aliphatic heterocycles. The molecule has 232 valence electrons. The Hall–Kier alpha value is -4.62. The van der Waals surface area contributed by atoms with Crippen molar-refractivity contribution in [1.29, 1.82) is 0 Å². The van der Waals surface area contributed by atoms with Crippen LogP contribution in [-0.4, -0.2) is 87.8 Å². The Morgan fingerprint density at radius 2 is 1.61 bits per heavy atom. The van der Waals surface area contributed by atoms with Crippen molar-refractivity contribution in [3.05, 3.63) is 70.3 Å². The minimum atomic E-state index is -2.71. The maximum atomic E-state index is 12.7. The second-order valence-corrected chi connectivity index (χ2v) is 11.7. The Bertz CT molecular complexity index is 1710. The SMILES string of the molecule is O=C(O)CC(CC(=O)O)(On1c(=O)ccc2ccc(OCCCCN3CCN(c4cccc5sccc45)CC3)cc21)C(=O)O. The fourth-order valence-electron chi connectivity index (χ4n) is 5.45. The molecule has 0 spiro atoms. The number of pyridine rings is 1. The number of hydrogen-bond donors (Lipinski definition) is 3. The molecule has 1 saturated heterocycles. The molecule has 13 heteroatoms. The molecule has 3 heterocycles. The third kappa shape index (κ3) is 6.95. The molecule has 0 amide bonds. The molecule has 4 aromatic rings. The van der Waals surface area contributed by atoms with Crippen LogP contribution in [0.2, 0.25) is 0 Å². The van der Waals surface area contributed by atoms with Gasteiger partial charge in [0.25, 0.3) is 11.2 Å². The predicted octanol–water partition coefficient (Wildman–Crippen LogP) is 3.40. The van der Waals surface area contributed by atoms with Gasteiger partial charge in [-0.25, -0.2) is 4.79 Å². The second kappa shape index (κ2) is 13.3. The number of rotatable bonds is 14. The van der Waals surface area contributed by atoms with E-state index in [0.29, 0.717) is 22.5 Å². The Kier molecular flexibility index (Phi) is 9.35. The maximum Gasteiger partial charge on any atom is 0.352 e. The number of benzene rings is 2. The van der Waals surface area contributed by atoms with Gasteiger partial charge in [-0.2, -0.15) is 0 Å². The number of carbonyl (C=O) groups is 3. The lowest BCUT2D eigenvalue weighted by atomic mass is 9.95. The van der Waals surface area contributed by atoms with E-state index < -0.39 is 41.9 Å². The molecule has 0 radical (unpaired) electrons. The summed E-state index contributed by atoms with van der Waals surface area (Å²) in [5.74, 6) is -4.61. The number of aliphatic carboxylic acids is 3. The van der Waals surface area contributed by atoms with Crippen LogP contribution in [0.4, 0.5) is 5.69 Å². The van der Waals surface area contributed by atoms with Crippen molar-refractivity contribution in [3.63, 3.8) is 0 Å². The Morgan fingerprint density at radius 1 is 0.886 bits per heavy atom. The van der Waals surface area contributed by atoms with Crippen molar-refractivity contribution in [1.82, 2.24) is 9.63 Å². The maximum absolute atomic E-state index is 12.7. The van der Waals surface area contributed by atoms with Crippen LogP contribution in [-0.2, 0) is 14.4 Å². The van der Waals surface area contributed by atoms with Gasteiger partial charge in [-0.15, -0.1) is 16.1 Å². The molecular weight excluding hydrogens is 590 g/mol. The lowest BCUT2D eigenvalue weighted by Gasteiger charge is -2.36. The van der Waals surface area contributed by atoms with E-state index in [-0.39, 0.29) is 5.52 Å². The molecule has 0 bridgehead atoms. The van der Waals surface area contributed by atoms with E-state index in [2.05, 4.69) is 39.4 Å². The third-order valence-electron chi connectivity index (χ3n) is 7.68. The van der Waals surface area contributed by atoms with E-state index in [1.54, 1.807) is 23.5 Å². The molecule has 0 atom stereocenters. The van der Waals surface area contributed by atoms with Gasteiger partial charge in [0.05, 0.1) is 25.0 Å². The highest BCUT2D eigenvalue weighted by atomic mass is 32.1. The highest BCUT2D eigenvalue weighted by molar-refractivity contribution is 7.17. The number of anilines is 1. The summed E-state index contributed by atoms with van der Waals surface area (Å²) in [6, 6.07) is 16.1. The zero-order chi connectivity index (χ0) is 31.3. The summed E-state index contributed by atoms with van der Waals surface area (Å²) < 4.78 is 7.84. The van der Waals surface area contributed by atoms with E-state index in [1.807, 2.05) is 0 Å². The van der Waals surface area contributed by atoms with Gasteiger partial charge in [0.2, 0.25) is 0 Å². The molecular formula is C31H33N3O9S. The van der Waals surface area contributed by atoms with Crippen LogP contribution in [0.5, 0.6) is 5.75 Å². The van der Waals surface area contributed by atoms with Gasteiger partial charge in [0.1, 0.15) is 5.75 Å². The molecule has 2 aromatic heterocycles. The molecule has 44 heavy (non-hydrogen) atoms. The minimum Gasteiger partial charge on any atom is -0.494 e. The molecule has 2 aromatic carbocycles. The van der Waals surface area contributed by atoms with Gasteiger partial charge in [-0.05, 0) is 61.2 Å². The molecule has 0 saturated carbocycles. The number of ether oxygens (including phenoxy) is 1. The fraction of sp³-hybridized carbons (Fsp3) is 0.355. The lowest BCUT2D eigenvalue weighted by Crippen LogP contribution is -2.53. The van der Waals surface area contributed by atoms with Crippen molar-refractivity contribution in [2.24, 2.45) is 0 Å². The number of thiophene rings is 1. The Balaban J connectivity index is 1.17. The summed E-state index contributed by atoms with van der Waals surface area (Å²) >= 11 is 1.76. The monoisotopic (exact) mass is 623 g/mol. The van der Waals surface area contributed by atoms with Crippen molar-refractivity contribution < 1.29 is 39.3 Å². The van der Waals surface area contributed by atoms with Crippen molar-refractivity contribution in [2.45, 2.75) is 31.3 Å². The molecule has 1 fully saturated rings. The van der Waals surface area contributed by atoms with E-state index in [9.17, 15) is 34.5 Å². The fourth-order valence-corrected chi connectivity index (χ4v) is 6.25. The first-order chi connectivity index (χ1) is 21.1. The van der Waals surface area contributed by atoms with Gasteiger partial charge < -0.3 is 29.8 Å². The number of aromatic nitrogens is 1. The van der Waals surface area contributed by atoms with Crippen LogP contribution in [0.25, 0.3) is 21.0 Å². The van der Waals surface area contributed by atoms with Gasteiger partial charge >= 0.3 is 17.9 Å². The Morgan fingerprint density at radius 3 is 2.32 bits per heavy atom. The standard InChI is InChI=1S/C31H33N3O9S/c35-27-9-7-21-6-8-22(18-25(21)34(27)43-31(30(40)41,19-28(36)37)20-29(38)39)42-16-2-1-11-32-12-14-33(15-13-32)24-4-3-5-26-23(24)10-17-44-26/h3-10,17-18H,1-2,11-16,19-20H2,(H,36,37)(H,38,39)(H,40,41). The van der Waals surface area contributed by atoms with Crippen LogP contribution >= 0.6 is 11.3 Å². The zero-order valence-electron chi connectivity index (χ0n) is 23.9. The molecule has 3 N–H and O–H groups in total. The summed E-state index contributed by atoms with van der Waals surface area (Å²) in [6.07, 6.45) is -0.641. The largest absolute Gasteiger partial charge is 0.494 e. The van der Waals surface area contributed by atoms with Crippen LogP contribution in [0, 0.1) is 0 Å². The molecule has 0 unspecified atom stereocenters. The zero-order valence-corrected chi connectivity index (χ0v) is 24.7. The van der Waals surface area contributed by atoms with E-state index in [4.69, 9.17) is 9.57 Å². The molecule has 12 nitrogen and oxygen atoms in total. The molecule has 0 aliphatic carbocycles. The number of hydrogen-bond acceptors (Lipinski definition) is 9. The number of carboxylic acids is 3. The Labute approximate surface area is 256 Å². The first-order valence-corrected chi connectivity index (χ1v) is 15.1. The third-order valence-corrected chi connectivity index (χ3v) is 8.56. The number of nitrogens with zero attached hydrogens (tertiary/aromatic N) is 3. The van der Waals surface area contributed by atoms with Gasteiger partial charge in [0.15, 0.2) is 0 Å². The molecule has 5 rings (SSSR count). The topological polar surface area (TPSA) is 159 Å². The molecule has 1 aliphatic rings. The van der Waals surface area contributed by atoms with Gasteiger partial charge in [-0.3, -0.25) is 19.3 Å². The van der Waals surface area contributed by atoms with Crippen LogP contribution < -0.4 is 20.0 Å². The first-order valence-electron chi connectivity index (χ1n) is 14.2. The second-order valence-electron chi connectivity index (χ2n) is 10.7. The smallest absolute Gasteiger partial charge is 0.352 e. The van der Waals surface area contributed by atoms with E-state index in [1.165, 1.54) is 27.9 Å². The van der Waals surface area contributed by atoms with Gasteiger partial charge in [-0.1, -0.05) is 6.07 Å². The highest BCUT2D eigenvalue weighted by Gasteiger charge is 2.47. The summed E-state index contributed by atoms with van der Waals surface area (Å²) in [7, 11) is 0. The predicted molar refractivity (Wildman–Crippen MR) is 165 cm³/mol. The van der Waals surface area contributed by atoms with Crippen molar-refractivity contribution >= 4 is 55.9 Å². The van der Waals surface area contributed by atoms with Crippen LogP contribution in [0.1, 0.15) is 25.7 Å². The average Bonchev–Trinajstić information content (AvgIpc) is 3.47. The summed E-state index contributed by atoms with van der Waals surface area (Å²) in [6.45, 7) is 5.23. The first kappa shape index (κ1) is 30.8. The van der Waals surface area contributed by atoms with Crippen molar-refractivity contribution in [2.75, 3.05) is 44.2 Å². The summed E-state index contributed by atoms with van der Waals surface area (Å²) in [5, 5.41) is 32.2.